The molecule has 0 saturated carbocycles. The monoisotopic (exact) mass is 437 g/mol. The first-order valence-electron chi connectivity index (χ1n) is 10.5. The van der Waals surface area contributed by atoms with Crippen molar-refractivity contribution >= 4 is 23.4 Å². The maximum absolute atomic E-state index is 13.0. The number of aliphatic hydroxyl groups excluding tert-OH is 1. The largest absolute Gasteiger partial charge is 0.507 e. The number of hydrogen-bond acceptors (Lipinski definition) is 6. The van der Waals surface area contributed by atoms with Gasteiger partial charge in [-0.2, -0.15) is 0 Å². The van der Waals surface area contributed by atoms with E-state index in [1.807, 2.05) is 13.8 Å². The van der Waals surface area contributed by atoms with Crippen molar-refractivity contribution in [2.75, 3.05) is 20.3 Å². The van der Waals surface area contributed by atoms with Crippen LogP contribution in [-0.4, -0.2) is 54.0 Å². The van der Waals surface area contributed by atoms with Crippen molar-refractivity contribution in [2.24, 2.45) is 0 Å². The van der Waals surface area contributed by atoms with E-state index in [4.69, 9.17) is 9.47 Å². The Morgan fingerprint density at radius 3 is 2.28 bits per heavy atom. The molecule has 7 nitrogen and oxygen atoms in total. The van der Waals surface area contributed by atoms with Crippen LogP contribution in [0, 0.1) is 0 Å². The number of nitrogens with zero attached hydrogens (tertiary/aromatic N) is 1. The van der Waals surface area contributed by atoms with Crippen LogP contribution in [0.2, 0.25) is 0 Å². The summed E-state index contributed by atoms with van der Waals surface area (Å²) in [5.74, 6) is -2.13. The van der Waals surface area contributed by atoms with Crippen LogP contribution in [0.3, 0.4) is 0 Å². The van der Waals surface area contributed by atoms with Crippen molar-refractivity contribution in [3.05, 3.63) is 76.9 Å². The Morgan fingerprint density at radius 1 is 1.03 bits per heavy atom. The van der Waals surface area contributed by atoms with Crippen molar-refractivity contribution in [1.29, 1.82) is 0 Å². The smallest absolute Gasteiger partial charge is 0.337 e. The lowest BCUT2D eigenvalue weighted by Crippen LogP contribution is -2.31. The average molecular weight is 437 g/mol. The molecule has 1 aliphatic heterocycles. The number of esters is 1. The predicted molar refractivity (Wildman–Crippen MR) is 119 cm³/mol. The van der Waals surface area contributed by atoms with Gasteiger partial charge in [-0.25, -0.2) is 4.79 Å². The molecule has 7 heteroatoms. The number of amides is 1. The summed E-state index contributed by atoms with van der Waals surface area (Å²) in [6.07, 6.45) is 0.595. The van der Waals surface area contributed by atoms with Gasteiger partial charge in [0.25, 0.3) is 11.7 Å². The highest BCUT2D eigenvalue weighted by Crippen LogP contribution is 2.39. The Kier molecular flexibility index (Phi) is 7.43. The van der Waals surface area contributed by atoms with Crippen LogP contribution < -0.4 is 0 Å². The second-order valence-electron chi connectivity index (χ2n) is 7.75. The summed E-state index contributed by atoms with van der Waals surface area (Å²) in [6, 6.07) is 14.3. The van der Waals surface area contributed by atoms with E-state index < -0.39 is 23.7 Å². The molecule has 1 atom stereocenters. The second-order valence-corrected chi connectivity index (χ2v) is 7.75. The Morgan fingerprint density at radius 2 is 1.69 bits per heavy atom. The number of carbonyl (C=O) groups is 3. The van der Waals surface area contributed by atoms with Crippen LogP contribution >= 0.6 is 0 Å². The number of rotatable bonds is 8. The first-order chi connectivity index (χ1) is 15.3. The summed E-state index contributed by atoms with van der Waals surface area (Å²) in [7, 11) is 1.30. The van der Waals surface area contributed by atoms with Gasteiger partial charge in [-0.3, -0.25) is 9.59 Å². The summed E-state index contributed by atoms with van der Waals surface area (Å²) in [5, 5.41) is 11.0. The third kappa shape index (κ3) is 4.89. The molecule has 2 aromatic rings. The molecule has 1 saturated heterocycles. The van der Waals surface area contributed by atoms with Gasteiger partial charge in [0.05, 0.1) is 30.4 Å². The molecule has 168 valence electrons. The highest BCUT2D eigenvalue weighted by molar-refractivity contribution is 6.46. The fourth-order valence-electron chi connectivity index (χ4n) is 3.68. The van der Waals surface area contributed by atoms with Gasteiger partial charge in [0.1, 0.15) is 5.76 Å². The molecule has 0 aromatic heterocycles. The number of Topliss-reactive ketones (excluding diaryl/α,β-unsaturated/α-hetero) is 1. The number of methoxy groups -OCH3 is 1. The molecule has 1 amide bonds. The fraction of sp³-hybridized carbons (Fsp3) is 0.320. The molecule has 2 aromatic carbocycles. The van der Waals surface area contributed by atoms with E-state index in [1.54, 1.807) is 54.6 Å². The molecule has 0 bridgehead atoms. The van der Waals surface area contributed by atoms with Crippen LogP contribution in [0.5, 0.6) is 0 Å². The Hall–Kier alpha value is -3.45. The van der Waals surface area contributed by atoms with Crippen molar-refractivity contribution in [3.63, 3.8) is 0 Å². The molecular formula is C25H27NO6. The molecule has 0 unspecified atom stereocenters. The lowest BCUT2D eigenvalue weighted by Gasteiger charge is -2.25. The summed E-state index contributed by atoms with van der Waals surface area (Å²) in [6.45, 7) is 4.57. The number of ketones is 1. The normalized spacial score (nSPS) is 17.8. The van der Waals surface area contributed by atoms with E-state index in [-0.39, 0.29) is 24.0 Å². The lowest BCUT2D eigenvalue weighted by atomic mass is 9.94. The van der Waals surface area contributed by atoms with Crippen molar-refractivity contribution in [2.45, 2.75) is 32.4 Å². The fourth-order valence-corrected chi connectivity index (χ4v) is 3.68. The van der Waals surface area contributed by atoms with Crippen LogP contribution in [0.4, 0.5) is 0 Å². The van der Waals surface area contributed by atoms with Crippen molar-refractivity contribution in [1.82, 2.24) is 4.90 Å². The van der Waals surface area contributed by atoms with Crippen molar-refractivity contribution < 1.29 is 29.0 Å². The van der Waals surface area contributed by atoms with Gasteiger partial charge < -0.3 is 19.5 Å². The zero-order valence-corrected chi connectivity index (χ0v) is 18.4. The van der Waals surface area contributed by atoms with Gasteiger partial charge >= 0.3 is 5.97 Å². The number of ether oxygens (including phenoxy) is 2. The van der Waals surface area contributed by atoms with Gasteiger partial charge in [-0.05, 0) is 38.0 Å². The van der Waals surface area contributed by atoms with Crippen molar-refractivity contribution in [3.8, 4) is 0 Å². The number of benzene rings is 2. The SMILES string of the molecule is COC(=O)c1ccc([C@@H]2C(=C(O)c3ccccc3)C(=O)C(=O)N2CCCOC(C)C)cc1. The Labute approximate surface area is 187 Å². The predicted octanol–water partition coefficient (Wildman–Crippen LogP) is 3.71. The number of carbonyl (C=O) groups excluding carboxylic acids is 3. The first-order valence-corrected chi connectivity index (χ1v) is 10.5. The lowest BCUT2D eigenvalue weighted by molar-refractivity contribution is -0.140. The summed E-state index contributed by atoms with van der Waals surface area (Å²) in [5.41, 5.74) is 1.43. The topological polar surface area (TPSA) is 93.1 Å². The van der Waals surface area contributed by atoms with Gasteiger partial charge in [0.2, 0.25) is 0 Å². The molecule has 0 radical (unpaired) electrons. The third-order valence-corrected chi connectivity index (χ3v) is 5.23. The highest BCUT2D eigenvalue weighted by Gasteiger charge is 2.45. The number of aliphatic hydroxyl groups is 1. The van der Waals surface area contributed by atoms with E-state index in [9.17, 15) is 19.5 Å². The molecule has 0 spiro atoms. The van der Waals surface area contributed by atoms with Gasteiger partial charge in [0.15, 0.2) is 0 Å². The van der Waals surface area contributed by atoms with Gasteiger partial charge in [-0.15, -0.1) is 0 Å². The standard InChI is InChI=1S/C25H27NO6/c1-16(2)32-15-7-14-26-21(17-10-12-19(13-11-17)25(30)31-3)20(23(28)24(26)29)22(27)18-8-5-4-6-9-18/h4-6,8-13,16,21,27H,7,14-15H2,1-3H3/t21-/m1/s1. The van der Waals surface area contributed by atoms with Crippen LogP contribution in [0.1, 0.15) is 47.8 Å². The Balaban J connectivity index is 2.02. The zero-order chi connectivity index (χ0) is 23.3. The molecule has 1 aliphatic rings. The summed E-state index contributed by atoms with van der Waals surface area (Å²) in [4.78, 5) is 39.1. The third-order valence-electron chi connectivity index (χ3n) is 5.23. The maximum atomic E-state index is 13.0. The minimum atomic E-state index is -0.777. The average Bonchev–Trinajstić information content (AvgIpc) is 3.06. The molecule has 32 heavy (non-hydrogen) atoms. The first kappa shape index (κ1) is 23.2. The Bertz CT molecular complexity index is 1010. The van der Waals surface area contributed by atoms with Gasteiger partial charge in [0, 0.05) is 18.7 Å². The minimum Gasteiger partial charge on any atom is -0.507 e. The number of hydrogen-bond donors (Lipinski definition) is 1. The maximum Gasteiger partial charge on any atom is 0.337 e. The zero-order valence-electron chi connectivity index (χ0n) is 18.4. The minimum absolute atomic E-state index is 0.0248. The van der Waals surface area contributed by atoms with Crippen LogP contribution in [-0.2, 0) is 19.1 Å². The van der Waals surface area contributed by atoms with E-state index in [0.29, 0.717) is 29.7 Å². The van der Waals surface area contributed by atoms with E-state index in [2.05, 4.69) is 0 Å². The summed E-state index contributed by atoms with van der Waals surface area (Å²) < 4.78 is 10.3. The second kappa shape index (κ2) is 10.2. The van der Waals surface area contributed by atoms with E-state index in [1.165, 1.54) is 12.0 Å². The highest BCUT2D eigenvalue weighted by atomic mass is 16.5. The molecule has 1 fully saturated rings. The van der Waals surface area contributed by atoms with Crippen LogP contribution in [0.25, 0.3) is 5.76 Å². The van der Waals surface area contributed by atoms with E-state index >= 15 is 0 Å². The molecular weight excluding hydrogens is 410 g/mol. The molecule has 1 heterocycles. The van der Waals surface area contributed by atoms with Crippen LogP contribution in [0.15, 0.2) is 60.2 Å². The molecule has 0 aliphatic carbocycles. The number of likely N-dealkylation sites (tertiary alicyclic amines) is 1. The molecule has 1 N–H and O–H groups in total. The molecule has 3 rings (SSSR count). The summed E-state index contributed by atoms with van der Waals surface area (Å²) >= 11 is 0. The van der Waals surface area contributed by atoms with E-state index in [0.717, 1.165) is 0 Å². The van der Waals surface area contributed by atoms with Gasteiger partial charge in [-0.1, -0.05) is 42.5 Å². The quantitative estimate of drug-likeness (QED) is 0.223.